The van der Waals surface area contributed by atoms with Crippen molar-refractivity contribution in [1.82, 2.24) is 20.8 Å². The summed E-state index contributed by atoms with van der Waals surface area (Å²) in [5, 5.41) is 11.7. The molecule has 6 nitrogen and oxygen atoms in total. The summed E-state index contributed by atoms with van der Waals surface area (Å²) in [6.07, 6.45) is 2.97. The summed E-state index contributed by atoms with van der Waals surface area (Å²) >= 11 is 1.73. The van der Waals surface area contributed by atoms with E-state index in [9.17, 15) is 0 Å². The molecule has 0 aliphatic heterocycles. The number of guanidine groups is 1. The van der Waals surface area contributed by atoms with Gasteiger partial charge in [0, 0.05) is 36.1 Å². The van der Waals surface area contributed by atoms with Gasteiger partial charge in [0.2, 0.25) is 0 Å². The topological polar surface area (TPSA) is 75.3 Å². The van der Waals surface area contributed by atoms with Gasteiger partial charge < -0.3 is 15.2 Å². The maximum Gasteiger partial charge on any atom is 0.191 e. The Bertz CT molecular complexity index is 642. The fourth-order valence-corrected chi connectivity index (χ4v) is 3.32. The summed E-state index contributed by atoms with van der Waals surface area (Å²) in [4.78, 5) is 9.97. The quantitative estimate of drug-likeness (QED) is 0.627. The van der Waals surface area contributed by atoms with Crippen LogP contribution in [0.2, 0.25) is 0 Å². The van der Waals surface area contributed by atoms with Gasteiger partial charge in [-0.2, -0.15) is 0 Å². The molecule has 2 rings (SSSR count). The molecule has 2 aromatic rings. The molecule has 0 saturated carbocycles. The Kier molecular flexibility index (Phi) is 6.15. The molecule has 0 amide bonds. The Morgan fingerprint density at radius 3 is 2.74 bits per heavy atom. The van der Waals surface area contributed by atoms with Gasteiger partial charge in [0.15, 0.2) is 5.96 Å². The highest BCUT2D eigenvalue weighted by molar-refractivity contribution is 7.11. The summed E-state index contributed by atoms with van der Waals surface area (Å²) in [5.41, 5.74) is 2.12. The van der Waals surface area contributed by atoms with Gasteiger partial charge in [0.05, 0.1) is 12.2 Å². The molecule has 2 heterocycles. The SMILES string of the molecule is CCc1cnc(CNC(=NC)NCC(C)c2c(C)noc2C)s1. The summed E-state index contributed by atoms with van der Waals surface area (Å²) in [6.45, 7) is 9.67. The Hall–Kier alpha value is -1.89. The number of aliphatic imine (C=N–C) groups is 1. The van der Waals surface area contributed by atoms with Crippen molar-refractivity contribution in [3.05, 3.63) is 33.1 Å². The van der Waals surface area contributed by atoms with E-state index in [2.05, 4.69) is 39.6 Å². The first-order valence-electron chi connectivity index (χ1n) is 7.86. The molecule has 7 heteroatoms. The molecule has 23 heavy (non-hydrogen) atoms. The molecular formula is C16H25N5OS. The Morgan fingerprint density at radius 1 is 1.39 bits per heavy atom. The van der Waals surface area contributed by atoms with E-state index >= 15 is 0 Å². The van der Waals surface area contributed by atoms with E-state index < -0.39 is 0 Å². The molecule has 1 unspecified atom stereocenters. The second-order valence-corrected chi connectivity index (χ2v) is 6.72. The molecule has 0 radical (unpaired) electrons. The van der Waals surface area contributed by atoms with Crippen LogP contribution >= 0.6 is 11.3 Å². The minimum Gasteiger partial charge on any atom is -0.361 e. The van der Waals surface area contributed by atoms with E-state index in [0.29, 0.717) is 12.5 Å². The number of nitrogens with one attached hydrogen (secondary N) is 2. The van der Waals surface area contributed by atoms with Crippen LogP contribution in [0.5, 0.6) is 0 Å². The number of hydrogen-bond acceptors (Lipinski definition) is 5. The summed E-state index contributed by atoms with van der Waals surface area (Å²) in [7, 11) is 1.77. The van der Waals surface area contributed by atoms with Crippen molar-refractivity contribution in [2.75, 3.05) is 13.6 Å². The first-order valence-corrected chi connectivity index (χ1v) is 8.67. The summed E-state index contributed by atoms with van der Waals surface area (Å²) < 4.78 is 5.24. The zero-order chi connectivity index (χ0) is 16.8. The lowest BCUT2D eigenvalue weighted by atomic mass is 10.00. The Labute approximate surface area is 141 Å². The highest BCUT2D eigenvalue weighted by atomic mass is 32.1. The van der Waals surface area contributed by atoms with Gasteiger partial charge in [-0.05, 0) is 20.3 Å². The van der Waals surface area contributed by atoms with Crippen LogP contribution in [0.4, 0.5) is 0 Å². The van der Waals surface area contributed by atoms with Crippen molar-refractivity contribution in [3.8, 4) is 0 Å². The second-order valence-electron chi connectivity index (χ2n) is 5.52. The van der Waals surface area contributed by atoms with Gasteiger partial charge in [-0.15, -0.1) is 11.3 Å². The van der Waals surface area contributed by atoms with E-state index in [1.807, 2.05) is 20.0 Å². The van der Waals surface area contributed by atoms with Gasteiger partial charge in [-0.3, -0.25) is 4.99 Å². The van der Waals surface area contributed by atoms with Crippen LogP contribution in [-0.4, -0.2) is 29.7 Å². The first-order chi connectivity index (χ1) is 11.0. The summed E-state index contributed by atoms with van der Waals surface area (Å²) in [6, 6.07) is 0. The molecular weight excluding hydrogens is 310 g/mol. The zero-order valence-electron chi connectivity index (χ0n) is 14.4. The van der Waals surface area contributed by atoms with Crippen LogP contribution in [0.15, 0.2) is 15.7 Å². The molecule has 0 aliphatic rings. The van der Waals surface area contributed by atoms with Gasteiger partial charge in [0.25, 0.3) is 0 Å². The highest BCUT2D eigenvalue weighted by Crippen LogP contribution is 2.22. The molecule has 0 aliphatic carbocycles. The van der Waals surface area contributed by atoms with Crippen molar-refractivity contribution in [3.63, 3.8) is 0 Å². The van der Waals surface area contributed by atoms with Gasteiger partial charge in [0.1, 0.15) is 10.8 Å². The molecule has 2 N–H and O–H groups in total. The minimum absolute atomic E-state index is 0.298. The number of rotatable bonds is 6. The number of hydrogen-bond donors (Lipinski definition) is 2. The van der Waals surface area contributed by atoms with Crippen molar-refractivity contribution < 1.29 is 4.52 Å². The van der Waals surface area contributed by atoms with Crippen molar-refractivity contribution >= 4 is 17.3 Å². The van der Waals surface area contributed by atoms with E-state index in [4.69, 9.17) is 4.52 Å². The molecule has 2 aromatic heterocycles. The van der Waals surface area contributed by atoms with E-state index in [1.165, 1.54) is 10.4 Å². The maximum atomic E-state index is 5.24. The van der Waals surface area contributed by atoms with E-state index in [0.717, 1.165) is 35.4 Å². The van der Waals surface area contributed by atoms with Crippen molar-refractivity contribution in [2.45, 2.75) is 46.6 Å². The Balaban J connectivity index is 1.85. The van der Waals surface area contributed by atoms with E-state index in [-0.39, 0.29) is 0 Å². The number of aromatic nitrogens is 2. The third-order valence-corrected chi connectivity index (χ3v) is 4.88. The maximum absolute atomic E-state index is 5.24. The average Bonchev–Trinajstić information content (AvgIpc) is 3.14. The smallest absolute Gasteiger partial charge is 0.191 e. The molecule has 0 aromatic carbocycles. The largest absolute Gasteiger partial charge is 0.361 e. The average molecular weight is 335 g/mol. The predicted molar refractivity (Wildman–Crippen MR) is 94.1 cm³/mol. The predicted octanol–water partition coefficient (Wildman–Crippen LogP) is 2.78. The van der Waals surface area contributed by atoms with Crippen LogP contribution in [0, 0.1) is 13.8 Å². The lowest BCUT2D eigenvalue weighted by molar-refractivity contribution is 0.391. The van der Waals surface area contributed by atoms with Crippen LogP contribution in [0.25, 0.3) is 0 Å². The molecule has 1 atom stereocenters. The van der Waals surface area contributed by atoms with Crippen LogP contribution in [-0.2, 0) is 13.0 Å². The molecule has 0 saturated heterocycles. The molecule has 0 spiro atoms. The number of nitrogens with zero attached hydrogens (tertiary/aromatic N) is 3. The lowest BCUT2D eigenvalue weighted by Gasteiger charge is -2.15. The van der Waals surface area contributed by atoms with E-state index in [1.54, 1.807) is 18.4 Å². The van der Waals surface area contributed by atoms with Crippen LogP contribution in [0.1, 0.15) is 46.7 Å². The highest BCUT2D eigenvalue weighted by Gasteiger charge is 2.16. The number of thiazole rings is 1. The fraction of sp³-hybridized carbons (Fsp3) is 0.562. The lowest BCUT2D eigenvalue weighted by Crippen LogP contribution is -2.38. The van der Waals surface area contributed by atoms with Crippen molar-refractivity contribution in [2.24, 2.45) is 4.99 Å². The molecule has 0 bridgehead atoms. The van der Waals surface area contributed by atoms with Gasteiger partial charge in [-0.25, -0.2) is 4.98 Å². The minimum atomic E-state index is 0.298. The second kappa shape index (κ2) is 8.10. The zero-order valence-corrected chi connectivity index (χ0v) is 15.3. The fourth-order valence-electron chi connectivity index (χ4n) is 2.52. The first kappa shape index (κ1) is 17.5. The normalized spacial score (nSPS) is 13.2. The Morgan fingerprint density at radius 2 is 2.17 bits per heavy atom. The standard InChI is InChI=1S/C16H25N5OS/c1-6-13-8-18-14(23-13)9-20-16(17-5)19-7-10(2)15-11(3)21-22-12(15)4/h8,10H,6-7,9H2,1-5H3,(H2,17,19,20). The summed E-state index contributed by atoms with van der Waals surface area (Å²) in [5.74, 6) is 1.96. The van der Waals surface area contributed by atoms with Crippen LogP contribution < -0.4 is 10.6 Å². The third kappa shape index (κ3) is 4.54. The van der Waals surface area contributed by atoms with Gasteiger partial charge in [-0.1, -0.05) is 19.0 Å². The third-order valence-electron chi connectivity index (χ3n) is 3.74. The van der Waals surface area contributed by atoms with Gasteiger partial charge >= 0.3 is 0 Å². The molecule has 126 valence electrons. The molecule has 0 fully saturated rings. The number of aryl methyl sites for hydroxylation is 3. The van der Waals surface area contributed by atoms with Crippen molar-refractivity contribution in [1.29, 1.82) is 0 Å². The monoisotopic (exact) mass is 335 g/mol. The van der Waals surface area contributed by atoms with Crippen LogP contribution in [0.3, 0.4) is 0 Å².